The highest BCUT2D eigenvalue weighted by Crippen LogP contribution is 2.39. The molecule has 0 unspecified atom stereocenters. The van der Waals surface area contributed by atoms with E-state index in [4.69, 9.17) is 14.9 Å². The van der Waals surface area contributed by atoms with Gasteiger partial charge >= 0.3 is 5.97 Å². The maximum Gasteiger partial charge on any atom is 0.323 e. The summed E-state index contributed by atoms with van der Waals surface area (Å²) < 4.78 is 26.3. The molecule has 1 aliphatic heterocycles. The molecule has 2 N–H and O–H groups in total. The molecule has 0 radical (unpaired) electrons. The number of carboxylic acids is 1. The first-order valence-corrected chi connectivity index (χ1v) is 11.9. The summed E-state index contributed by atoms with van der Waals surface area (Å²) in [4.78, 5) is 27.6. The smallest absolute Gasteiger partial charge is 0.323 e. The van der Waals surface area contributed by atoms with Gasteiger partial charge in [0.1, 0.15) is 12.4 Å². The number of ketones is 1. The van der Waals surface area contributed by atoms with E-state index in [9.17, 15) is 14.7 Å². The second-order valence-corrected chi connectivity index (χ2v) is 9.78. The minimum absolute atomic E-state index is 0.0214. The Balaban J connectivity index is 1.89. The van der Waals surface area contributed by atoms with Gasteiger partial charge in [-0.3, -0.25) is 15.0 Å². The zero-order valence-corrected chi connectivity index (χ0v) is 21.7. The number of Topliss-reactive ketones (excluding diaryl/α,β-unsaturated/α-hetero) is 1. The van der Waals surface area contributed by atoms with Gasteiger partial charge in [0.05, 0.1) is 25.3 Å². The van der Waals surface area contributed by atoms with E-state index < -0.39 is 11.8 Å². The lowest BCUT2D eigenvalue weighted by Crippen LogP contribution is -2.31. The molecule has 2 aromatic carbocycles. The number of hydrogen-bond donors (Lipinski definition) is 2. The van der Waals surface area contributed by atoms with Crippen LogP contribution in [0.3, 0.4) is 0 Å². The number of nitrogens with zero attached hydrogens (tertiary/aromatic N) is 2. The minimum Gasteiger partial charge on any atom is -0.490 e. The van der Waals surface area contributed by atoms with Crippen molar-refractivity contribution in [3.05, 3.63) is 52.3 Å². The molecule has 0 amide bonds. The lowest BCUT2D eigenvalue weighted by atomic mass is 9.84. The molecule has 0 spiro atoms. The average Bonchev–Trinajstić information content (AvgIpc) is 3.10. The van der Waals surface area contributed by atoms with Crippen molar-refractivity contribution in [3.8, 4) is 11.5 Å². The number of fused-ring (bicyclic) bond motifs is 1. The van der Waals surface area contributed by atoms with Gasteiger partial charge in [-0.15, -0.1) is 0 Å². The van der Waals surface area contributed by atoms with E-state index in [0.717, 1.165) is 11.3 Å². The summed E-state index contributed by atoms with van der Waals surface area (Å²) in [5.41, 5.74) is 2.36. The molecule has 3 rings (SSSR count). The predicted octanol–water partition coefficient (Wildman–Crippen LogP) is 4.47. The van der Waals surface area contributed by atoms with Crippen LogP contribution in [0.2, 0.25) is 0 Å². The molecule has 194 valence electrons. The fraction of sp³-hybridized carbons (Fsp3) is 0.444. The van der Waals surface area contributed by atoms with Gasteiger partial charge in [-0.1, -0.05) is 20.8 Å². The first-order valence-electron chi connectivity index (χ1n) is 11.9. The molecule has 36 heavy (non-hydrogen) atoms. The Morgan fingerprint density at radius 3 is 2.42 bits per heavy atom. The number of likely N-dealkylation sites (N-methyl/N-ethyl adjacent to an activating group) is 1. The summed E-state index contributed by atoms with van der Waals surface area (Å²) in [7, 11) is 1.70. The Kier molecular flexibility index (Phi) is 7.91. The van der Waals surface area contributed by atoms with Crippen LogP contribution in [0.4, 0.5) is 10.1 Å². The fourth-order valence-corrected chi connectivity index (χ4v) is 4.35. The first kappa shape index (κ1) is 27.0. The summed E-state index contributed by atoms with van der Waals surface area (Å²) in [5, 5.41) is 17.7. The van der Waals surface area contributed by atoms with Crippen molar-refractivity contribution >= 4 is 23.3 Å². The van der Waals surface area contributed by atoms with Crippen LogP contribution in [0.1, 0.15) is 61.7 Å². The Labute approximate surface area is 211 Å². The molecule has 0 saturated carbocycles. The van der Waals surface area contributed by atoms with Gasteiger partial charge in [0, 0.05) is 24.8 Å². The van der Waals surface area contributed by atoms with Crippen molar-refractivity contribution < 1.29 is 28.6 Å². The third-order valence-electron chi connectivity index (χ3n) is 6.02. The SMILES string of the molecule is CCOc1cc2c(c(F)c1OCC)C(=N)N(CC(=O)c1ccc(N(C)CC(=O)O)c(C(C)(C)C)c1)C2. The van der Waals surface area contributed by atoms with Gasteiger partial charge in [-0.05, 0) is 54.7 Å². The minimum atomic E-state index is -0.947. The quantitative estimate of drug-likeness (QED) is 0.465. The molecule has 0 aliphatic carbocycles. The molecular formula is C27H34FN3O5. The lowest BCUT2D eigenvalue weighted by Gasteiger charge is -2.28. The first-order chi connectivity index (χ1) is 16.9. The van der Waals surface area contributed by atoms with Crippen LogP contribution in [0, 0.1) is 11.2 Å². The highest BCUT2D eigenvalue weighted by atomic mass is 19.1. The van der Waals surface area contributed by atoms with Gasteiger partial charge in [0.25, 0.3) is 0 Å². The van der Waals surface area contributed by atoms with Crippen molar-refractivity contribution in [2.75, 3.05) is 38.3 Å². The van der Waals surface area contributed by atoms with E-state index in [0.29, 0.717) is 17.7 Å². The van der Waals surface area contributed by atoms with Crippen molar-refractivity contribution in [2.24, 2.45) is 0 Å². The van der Waals surface area contributed by atoms with E-state index in [-0.39, 0.29) is 60.3 Å². The number of carbonyl (C=O) groups is 2. The highest BCUT2D eigenvalue weighted by molar-refractivity contribution is 6.06. The molecular weight excluding hydrogens is 465 g/mol. The number of benzene rings is 2. The van der Waals surface area contributed by atoms with Gasteiger partial charge in [-0.2, -0.15) is 0 Å². The number of carboxylic acid groups (broad SMARTS) is 1. The summed E-state index contributed by atoms with van der Waals surface area (Å²) in [5.74, 6) is -1.63. The number of nitrogens with one attached hydrogen (secondary N) is 1. The molecule has 8 nitrogen and oxygen atoms in total. The van der Waals surface area contributed by atoms with E-state index in [1.165, 1.54) is 4.90 Å². The number of hydrogen-bond acceptors (Lipinski definition) is 6. The molecule has 9 heteroatoms. The standard InChI is InChI=1S/C27H34FN3O5/c1-7-35-21-12-17-13-31(26(29)23(17)24(28)25(21)36-8-2)14-20(32)16-9-10-19(30(6)15-22(33)34)18(11-16)27(3,4)5/h9-12,29H,7-8,13-15H2,1-6H3,(H,33,34). The van der Waals surface area contributed by atoms with E-state index in [2.05, 4.69) is 0 Å². The Hall–Kier alpha value is -3.62. The van der Waals surface area contributed by atoms with Gasteiger partial charge < -0.3 is 24.4 Å². The lowest BCUT2D eigenvalue weighted by molar-refractivity contribution is -0.135. The number of rotatable bonds is 10. The Morgan fingerprint density at radius 1 is 1.17 bits per heavy atom. The van der Waals surface area contributed by atoms with E-state index in [1.807, 2.05) is 20.8 Å². The van der Waals surface area contributed by atoms with Crippen LogP contribution in [0.15, 0.2) is 24.3 Å². The molecule has 0 bridgehead atoms. The molecule has 0 fully saturated rings. The van der Waals surface area contributed by atoms with Crippen LogP contribution in [0.25, 0.3) is 0 Å². The molecule has 1 aliphatic rings. The van der Waals surface area contributed by atoms with Crippen LogP contribution in [-0.4, -0.2) is 60.9 Å². The van der Waals surface area contributed by atoms with Crippen LogP contribution in [0.5, 0.6) is 11.5 Å². The van der Waals surface area contributed by atoms with Crippen molar-refractivity contribution in [1.82, 2.24) is 4.90 Å². The topological polar surface area (TPSA) is 103 Å². The Bertz CT molecular complexity index is 1190. The molecule has 0 saturated heterocycles. The third kappa shape index (κ3) is 5.45. The second-order valence-electron chi connectivity index (χ2n) is 9.78. The summed E-state index contributed by atoms with van der Waals surface area (Å²) in [6, 6.07) is 6.88. The maximum atomic E-state index is 15.3. The van der Waals surface area contributed by atoms with Crippen LogP contribution >= 0.6 is 0 Å². The summed E-state index contributed by atoms with van der Waals surface area (Å²) >= 11 is 0. The number of carbonyl (C=O) groups excluding carboxylic acids is 1. The van der Waals surface area contributed by atoms with Gasteiger partial charge in [0.15, 0.2) is 23.1 Å². The average molecular weight is 500 g/mol. The number of halogens is 1. The molecule has 1 heterocycles. The number of aliphatic carboxylic acids is 1. The predicted molar refractivity (Wildman–Crippen MR) is 136 cm³/mol. The summed E-state index contributed by atoms with van der Waals surface area (Å²) in [6.07, 6.45) is 0. The van der Waals surface area contributed by atoms with Crippen LogP contribution < -0.4 is 14.4 Å². The number of amidine groups is 1. The van der Waals surface area contributed by atoms with E-state index >= 15 is 4.39 Å². The third-order valence-corrected chi connectivity index (χ3v) is 6.02. The monoisotopic (exact) mass is 499 g/mol. The zero-order chi connectivity index (χ0) is 26.8. The van der Waals surface area contributed by atoms with Gasteiger partial charge in [0.2, 0.25) is 0 Å². The highest BCUT2D eigenvalue weighted by Gasteiger charge is 2.33. The molecule has 0 aromatic heterocycles. The summed E-state index contributed by atoms with van der Waals surface area (Å²) in [6.45, 7) is 10.1. The number of anilines is 1. The van der Waals surface area contributed by atoms with Crippen molar-refractivity contribution in [1.29, 1.82) is 5.41 Å². The van der Waals surface area contributed by atoms with Crippen molar-refractivity contribution in [2.45, 2.75) is 46.6 Å². The maximum absolute atomic E-state index is 15.3. The normalized spacial score (nSPS) is 13.0. The van der Waals surface area contributed by atoms with E-state index in [1.54, 1.807) is 50.1 Å². The fourth-order valence-electron chi connectivity index (χ4n) is 4.35. The number of ether oxygens (including phenoxy) is 2. The van der Waals surface area contributed by atoms with Crippen molar-refractivity contribution in [3.63, 3.8) is 0 Å². The van der Waals surface area contributed by atoms with Crippen LogP contribution in [-0.2, 0) is 16.8 Å². The Morgan fingerprint density at radius 2 is 1.83 bits per heavy atom. The molecule has 2 aromatic rings. The largest absolute Gasteiger partial charge is 0.490 e. The zero-order valence-electron chi connectivity index (χ0n) is 21.7. The molecule has 0 atom stereocenters. The van der Waals surface area contributed by atoms with Gasteiger partial charge in [-0.25, -0.2) is 4.39 Å². The second kappa shape index (κ2) is 10.6.